The lowest BCUT2D eigenvalue weighted by Crippen LogP contribution is -1.97. The molecule has 0 radical (unpaired) electrons. The molecule has 46 valence electrons. The first-order valence-electron chi connectivity index (χ1n) is 2.93. The van der Waals surface area contributed by atoms with Crippen LogP contribution >= 0.6 is 15.9 Å². The number of alkyl halides is 1. The van der Waals surface area contributed by atoms with Gasteiger partial charge in [0.05, 0.1) is 0 Å². The minimum Gasteiger partial charge on any atom is -0.0985 e. The zero-order chi connectivity index (χ0) is 6.20. The molecule has 1 heteroatoms. The third-order valence-electron chi connectivity index (χ3n) is 2.01. The van der Waals surface area contributed by atoms with Gasteiger partial charge in [0.1, 0.15) is 0 Å². The van der Waals surface area contributed by atoms with E-state index in [0.717, 1.165) is 5.33 Å². The molecule has 1 saturated carbocycles. The summed E-state index contributed by atoms with van der Waals surface area (Å²) in [6.07, 6.45) is 2.69. The minimum absolute atomic E-state index is 0.517. The fraction of sp³-hybridized carbons (Fsp3) is 0.714. The van der Waals surface area contributed by atoms with Gasteiger partial charge in [0.2, 0.25) is 0 Å². The highest BCUT2D eigenvalue weighted by Gasteiger charge is 2.38. The van der Waals surface area contributed by atoms with Gasteiger partial charge in [-0.15, -0.1) is 0 Å². The fourth-order valence-electron chi connectivity index (χ4n) is 0.702. The van der Waals surface area contributed by atoms with Gasteiger partial charge in [0.15, 0.2) is 0 Å². The fourth-order valence-corrected chi connectivity index (χ4v) is 1.38. The second kappa shape index (κ2) is 1.87. The minimum atomic E-state index is 0.517. The van der Waals surface area contributed by atoms with Gasteiger partial charge < -0.3 is 0 Å². The summed E-state index contributed by atoms with van der Waals surface area (Å²) in [6, 6.07) is 0. The highest BCUT2D eigenvalue weighted by Crippen LogP contribution is 2.50. The van der Waals surface area contributed by atoms with Crippen molar-refractivity contribution in [2.24, 2.45) is 5.41 Å². The molecule has 0 atom stereocenters. The van der Waals surface area contributed by atoms with Crippen LogP contribution in [0, 0.1) is 5.41 Å². The normalized spacial score (nSPS) is 22.8. The SMILES string of the molecule is C=C(CBr)C1(C)CC1. The Balaban J connectivity index is 2.46. The van der Waals surface area contributed by atoms with Gasteiger partial charge >= 0.3 is 0 Å². The van der Waals surface area contributed by atoms with E-state index in [2.05, 4.69) is 29.4 Å². The Kier molecular flexibility index (Phi) is 1.48. The lowest BCUT2D eigenvalue weighted by Gasteiger charge is -2.06. The summed E-state index contributed by atoms with van der Waals surface area (Å²) in [5.41, 5.74) is 1.88. The zero-order valence-corrected chi connectivity index (χ0v) is 6.79. The van der Waals surface area contributed by atoms with E-state index in [9.17, 15) is 0 Å². The maximum atomic E-state index is 3.96. The first kappa shape index (κ1) is 6.34. The van der Waals surface area contributed by atoms with Crippen LogP contribution in [0.1, 0.15) is 19.8 Å². The Bertz CT molecular complexity index is 112. The molecule has 0 nitrogen and oxygen atoms in total. The van der Waals surface area contributed by atoms with Gasteiger partial charge in [-0.1, -0.05) is 35.0 Å². The van der Waals surface area contributed by atoms with Crippen molar-refractivity contribution in [2.75, 3.05) is 5.33 Å². The quantitative estimate of drug-likeness (QED) is 0.447. The maximum absolute atomic E-state index is 3.96. The number of hydrogen-bond acceptors (Lipinski definition) is 0. The van der Waals surface area contributed by atoms with Crippen molar-refractivity contribution in [1.29, 1.82) is 0 Å². The van der Waals surface area contributed by atoms with Gasteiger partial charge in [-0.25, -0.2) is 0 Å². The molecule has 0 N–H and O–H groups in total. The van der Waals surface area contributed by atoms with E-state index in [1.165, 1.54) is 18.4 Å². The van der Waals surface area contributed by atoms with Crippen molar-refractivity contribution in [3.8, 4) is 0 Å². The number of rotatable bonds is 2. The summed E-state index contributed by atoms with van der Waals surface area (Å²) in [5.74, 6) is 0. The molecule has 0 amide bonds. The molecule has 0 aromatic carbocycles. The highest BCUT2D eigenvalue weighted by molar-refractivity contribution is 9.09. The summed E-state index contributed by atoms with van der Waals surface area (Å²) in [6.45, 7) is 6.23. The van der Waals surface area contributed by atoms with Crippen molar-refractivity contribution in [3.63, 3.8) is 0 Å². The van der Waals surface area contributed by atoms with Crippen LogP contribution in [0.15, 0.2) is 12.2 Å². The second-order valence-corrected chi connectivity index (χ2v) is 3.36. The molecule has 1 aliphatic rings. The van der Waals surface area contributed by atoms with Crippen molar-refractivity contribution in [2.45, 2.75) is 19.8 Å². The van der Waals surface area contributed by atoms with Crippen LogP contribution in [0.3, 0.4) is 0 Å². The summed E-state index contributed by atoms with van der Waals surface area (Å²) >= 11 is 3.39. The van der Waals surface area contributed by atoms with E-state index in [0.29, 0.717) is 5.41 Å². The highest BCUT2D eigenvalue weighted by atomic mass is 79.9. The van der Waals surface area contributed by atoms with Crippen LogP contribution in [-0.4, -0.2) is 5.33 Å². The van der Waals surface area contributed by atoms with Gasteiger partial charge in [-0.2, -0.15) is 0 Å². The Hall–Kier alpha value is 0.220. The van der Waals surface area contributed by atoms with Crippen molar-refractivity contribution in [3.05, 3.63) is 12.2 Å². The topological polar surface area (TPSA) is 0 Å². The van der Waals surface area contributed by atoms with E-state index in [1.54, 1.807) is 0 Å². The van der Waals surface area contributed by atoms with E-state index < -0.39 is 0 Å². The Morgan fingerprint density at radius 2 is 2.25 bits per heavy atom. The van der Waals surface area contributed by atoms with E-state index >= 15 is 0 Å². The summed E-state index contributed by atoms with van der Waals surface area (Å²) in [5, 5.41) is 0.976. The molecule has 0 unspecified atom stereocenters. The largest absolute Gasteiger partial charge is 0.0985 e. The average molecular weight is 175 g/mol. The van der Waals surface area contributed by atoms with Gasteiger partial charge in [-0.05, 0) is 18.3 Å². The first-order chi connectivity index (χ1) is 3.69. The van der Waals surface area contributed by atoms with E-state index in [4.69, 9.17) is 0 Å². The third-order valence-corrected chi connectivity index (χ3v) is 2.69. The smallest absolute Gasteiger partial charge is 0.0244 e. The lowest BCUT2D eigenvalue weighted by molar-refractivity contribution is 0.697. The Morgan fingerprint density at radius 3 is 2.38 bits per heavy atom. The van der Waals surface area contributed by atoms with Crippen LogP contribution < -0.4 is 0 Å². The van der Waals surface area contributed by atoms with Crippen LogP contribution in [0.2, 0.25) is 0 Å². The maximum Gasteiger partial charge on any atom is 0.0244 e. The summed E-state index contributed by atoms with van der Waals surface area (Å²) in [7, 11) is 0. The molecular formula is C7H11Br. The summed E-state index contributed by atoms with van der Waals surface area (Å²) < 4.78 is 0. The second-order valence-electron chi connectivity index (χ2n) is 2.80. The first-order valence-corrected chi connectivity index (χ1v) is 4.05. The van der Waals surface area contributed by atoms with Gasteiger partial charge in [0, 0.05) is 5.33 Å². The van der Waals surface area contributed by atoms with E-state index in [-0.39, 0.29) is 0 Å². The molecule has 0 heterocycles. The number of hydrogen-bond donors (Lipinski definition) is 0. The molecular weight excluding hydrogens is 164 g/mol. The van der Waals surface area contributed by atoms with E-state index in [1.807, 2.05) is 0 Å². The molecule has 1 fully saturated rings. The molecule has 0 spiro atoms. The molecule has 1 aliphatic carbocycles. The van der Waals surface area contributed by atoms with Crippen LogP contribution in [0.25, 0.3) is 0 Å². The summed E-state index contributed by atoms with van der Waals surface area (Å²) in [4.78, 5) is 0. The lowest BCUT2D eigenvalue weighted by atomic mass is 10.0. The van der Waals surface area contributed by atoms with Crippen molar-refractivity contribution in [1.82, 2.24) is 0 Å². The molecule has 0 aliphatic heterocycles. The standard InChI is InChI=1S/C7H11Br/c1-6(5-8)7(2)3-4-7/h1,3-5H2,2H3. The molecule has 0 saturated heterocycles. The molecule has 0 aromatic heterocycles. The Labute approximate surface area is 59.1 Å². The number of allylic oxidation sites excluding steroid dienone is 1. The molecule has 0 bridgehead atoms. The van der Waals surface area contributed by atoms with Crippen molar-refractivity contribution < 1.29 is 0 Å². The number of halogens is 1. The van der Waals surface area contributed by atoms with Crippen LogP contribution in [0.4, 0.5) is 0 Å². The Morgan fingerprint density at radius 1 is 1.75 bits per heavy atom. The average Bonchev–Trinajstić information content (AvgIpc) is 2.47. The monoisotopic (exact) mass is 174 g/mol. The predicted octanol–water partition coefficient (Wildman–Crippen LogP) is 2.74. The predicted molar refractivity (Wildman–Crippen MR) is 40.3 cm³/mol. The van der Waals surface area contributed by atoms with Crippen molar-refractivity contribution >= 4 is 15.9 Å². The van der Waals surface area contributed by atoms with Gasteiger partial charge in [0.25, 0.3) is 0 Å². The van der Waals surface area contributed by atoms with Crippen LogP contribution in [0.5, 0.6) is 0 Å². The molecule has 1 rings (SSSR count). The molecule has 0 aromatic rings. The zero-order valence-electron chi connectivity index (χ0n) is 5.21. The molecule has 8 heavy (non-hydrogen) atoms. The third kappa shape index (κ3) is 0.970. The van der Waals surface area contributed by atoms with Gasteiger partial charge in [-0.3, -0.25) is 0 Å². The van der Waals surface area contributed by atoms with Crippen LogP contribution in [-0.2, 0) is 0 Å².